The molecular weight excluding hydrogens is 690 g/mol. The SMILES string of the molecule is CC[C@H](C)[C@H](NC(=O)[C@H](CC(C)C)NC(=O)[C@H](CO)NC(=O)[C@@H](N)C(C)C)C(=O)N[C@@H](CCC(=O)O)C(=O)N[C@@H](Cc1c[nH]c2ccccc12)C(=O)O. The van der Waals surface area contributed by atoms with Crippen LogP contribution >= 0.6 is 0 Å². The van der Waals surface area contributed by atoms with E-state index >= 15 is 0 Å². The lowest BCUT2D eigenvalue weighted by atomic mass is 9.96. The third kappa shape index (κ3) is 13.5. The quantitative estimate of drug-likeness (QED) is 0.0774. The van der Waals surface area contributed by atoms with Crippen LogP contribution in [-0.4, -0.2) is 105 Å². The van der Waals surface area contributed by atoms with Gasteiger partial charge in [-0.1, -0.05) is 66.2 Å². The minimum atomic E-state index is -1.48. The number of aliphatic carboxylic acids is 2. The number of aromatic nitrogens is 1. The van der Waals surface area contributed by atoms with Crippen LogP contribution in [0.1, 0.15) is 72.8 Å². The number of para-hydroxylation sites is 1. The van der Waals surface area contributed by atoms with E-state index < -0.39 is 96.7 Å². The van der Waals surface area contributed by atoms with Gasteiger partial charge in [0, 0.05) is 29.9 Å². The van der Waals surface area contributed by atoms with E-state index in [1.165, 1.54) is 0 Å². The highest BCUT2D eigenvalue weighted by atomic mass is 16.4. The predicted octanol–water partition coefficient (Wildman–Crippen LogP) is 0.152. The molecule has 294 valence electrons. The molecule has 2 aromatic rings. The number of carboxylic acids is 2. The van der Waals surface area contributed by atoms with Gasteiger partial charge in [-0.3, -0.25) is 28.8 Å². The van der Waals surface area contributed by atoms with Gasteiger partial charge in [0.05, 0.1) is 12.6 Å². The van der Waals surface area contributed by atoms with Gasteiger partial charge in [0.2, 0.25) is 29.5 Å². The van der Waals surface area contributed by atoms with Crippen LogP contribution in [0.3, 0.4) is 0 Å². The summed E-state index contributed by atoms with van der Waals surface area (Å²) in [5, 5.41) is 42.4. The fraction of sp³-hybridized carbons (Fsp3) is 0.583. The predicted molar refractivity (Wildman–Crippen MR) is 195 cm³/mol. The second-order valence-corrected chi connectivity index (χ2v) is 14.0. The summed E-state index contributed by atoms with van der Waals surface area (Å²) in [5.74, 6) is -7.55. The zero-order valence-corrected chi connectivity index (χ0v) is 31.1. The number of hydrogen-bond acceptors (Lipinski definition) is 9. The van der Waals surface area contributed by atoms with Crippen LogP contribution in [-0.2, 0) is 40.0 Å². The van der Waals surface area contributed by atoms with Crippen molar-refractivity contribution in [2.45, 2.75) is 110 Å². The molecule has 1 aromatic carbocycles. The maximum Gasteiger partial charge on any atom is 0.326 e. The highest BCUT2D eigenvalue weighted by molar-refractivity contribution is 5.96. The molecule has 1 heterocycles. The second kappa shape index (κ2) is 20.9. The van der Waals surface area contributed by atoms with Crippen LogP contribution in [0.5, 0.6) is 0 Å². The number of carbonyl (C=O) groups is 7. The monoisotopic (exact) mass is 745 g/mol. The Balaban J connectivity index is 2.28. The topological polar surface area (TPSA) is 282 Å². The molecule has 5 amide bonds. The number of aromatic amines is 1. The fourth-order valence-electron chi connectivity index (χ4n) is 5.49. The molecule has 0 saturated heterocycles. The smallest absolute Gasteiger partial charge is 0.326 e. The molecule has 0 aliphatic heterocycles. The number of carboxylic acid groups (broad SMARTS) is 2. The van der Waals surface area contributed by atoms with E-state index in [0.29, 0.717) is 12.0 Å². The van der Waals surface area contributed by atoms with Crippen molar-refractivity contribution in [3.8, 4) is 0 Å². The van der Waals surface area contributed by atoms with E-state index in [4.69, 9.17) is 5.73 Å². The minimum absolute atomic E-state index is 0.107. The van der Waals surface area contributed by atoms with Gasteiger partial charge in [-0.2, -0.15) is 0 Å². The van der Waals surface area contributed by atoms with Gasteiger partial charge in [-0.05, 0) is 42.2 Å². The summed E-state index contributed by atoms with van der Waals surface area (Å²) in [6.07, 6.45) is 1.10. The molecule has 2 rings (SSSR count). The standard InChI is InChI=1S/C36H55N7O10/c1-7-20(6)30(43-32(48)25(14-18(2)3)40-33(49)27(17-44)42-34(50)29(37)19(4)5)35(51)39-24(12-13-28(45)46)31(47)41-26(36(52)53)15-21-16-38-23-11-9-8-10-22(21)23/h8-11,16,18-20,24-27,29-30,38,44H,7,12-15,17,37H2,1-6H3,(H,39,51)(H,40,49)(H,41,47)(H,42,50)(H,43,48)(H,45,46)(H,52,53)/t20-,24-,25-,26-,27-,29-,30-/m0/s1. The number of amides is 5. The van der Waals surface area contributed by atoms with E-state index in [1.54, 1.807) is 59.9 Å². The molecule has 0 fully saturated rings. The van der Waals surface area contributed by atoms with Crippen LogP contribution in [0, 0.1) is 17.8 Å². The minimum Gasteiger partial charge on any atom is -0.481 e. The molecule has 7 atom stereocenters. The Kier molecular flexibility index (Phi) is 17.4. The fourth-order valence-corrected chi connectivity index (χ4v) is 5.49. The molecule has 0 radical (unpaired) electrons. The van der Waals surface area contributed by atoms with Gasteiger partial charge in [0.15, 0.2) is 0 Å². The molecule has 11 N–H and O–H groups in total. The normalized spacial score (nSPS) is 15.4. The Labute approximate surface area is 308 Å². The van der Waals surface area contributed by atoms with Crippen LogP contribution < -0.4 is 32.3 Å². The largest absolute Gasteiger partial charge is 0.481 e. The lowest BCUT2D eigenvalue weighted by Crippen LogP contribution is -2.61. The third-order valence-corrected chi connectivity index (χ3v) is 8.96. The number of carbonyl (C=O) groups excluding carboxylic acids is 5. The van der Waals surface area contributed by atoms with E-state index in [0.717, 1.165) is 10.9 Å². The zero-order valence-electron chi connectivity index (χ0n) is 31.1. The number of benzene rings is 1. The number of aliphatic hydroxyl groups excluding tert-OH is 1. The third-order valence-electron chi connectivity index (χ3n) is 8.96. The summed E-state index contributed by atoms with van der Waals surface area (Å²) < 4.78 is 0. The van der Waals surface area contributed by atoms with Crippen molar-refractivity contribution in [3.05, 3.63) is 36.0 Å². The molecular formula is C36H55N7O10. The number of aliphatic hydroxyl groups is 1. The summed E-state index contributed by atoms with van der Waals surface area (Å²) in [6.45, 7) is 9.68. The van der Waals surface area contributed by atoms with Crippen molar-refractivity contribution in [3.63, 3.8) is 0 Å². The van der Waals surface area contributed by atoms with E-state index in [1.807, 2.05) is 12.1 Å². The first-order valence-electron chi connectivity index (χ1n) is 17.8. The van der Waals surface area contributed by atoms with E-state index in [-0.39, 0.29) is 31.1 Å². The first-order valence-corrected chi connectivity index (χ1v) is 17.8. The lowest BCUT2D eigenvalue weighted by molar-refractivity contribution is -0.143. The van der Waals surface area contributed by atoms with Crippen molar-refractivity contribution in [1.29, 1.82) is 0 Å². The molecule has 17 nitrogen and oxygen atoms in total. The van der Waals surface area contributed by atoms with Gasteiger partial charge >= 0.3 is 11.9 Å². The van der Waals surface area contributed by atoms with Gasteiger partial charge in [-0.15, -0.1) is 0 Å². The highest BCUT2D eigenvalue weighted by Crippen LogP contribution is 2.19. The first kappa shape index (κ1) is 44.1. The van der Waals surface area contributed by atoms with Crippen molar-refractivity contribution in [2.24, 2.45) is 23.5 Å². The molecule has 0 spiro atoms. The average Bonchev–Trinajstić information content (AvgIpc) is 3.51. The molecule has 0 saturated carbocycles. The summed E-state index contributed by atoms with van der Waals surface area (Å²) in [6, 6.07) is -0.542. The molecule has 0 unspecified atom stereocenters. The van der Waals surface area contributed by atoms with Crippen LogP contribution in [0.25, 0.3) is 10.9 Å². The number of rotatable bonds is 22. The Morgan fingerprint density at radius 3 is 1.89 bits per heavy atom. The van der Waals surface area contributed by atoms with Crippen LogP contribution in [0.15, 0.2) is 30.5 Å². The van der Waals surface area contributed by atoms with E-state index in [9.17, 15) is 48.9 Å². The van der Waals surface area contributed by atoms with Gasteiger partial charge in [0.25, 0.3) is 0 Å². The molecule has 0 aliphatic rings. The Morgan fingerprint density at radius 2 is 1.32 bits per heavy atom. The summed E-state index contributed by atoms with van der Waals surface area (Å²) in [4.78, 5) is 93.3. The summed E-state index contributed by atoms with van der Waals surface area (Å²) in [7, 11) is 0. The average molecular weight is 746 g/mol. The molecule has 17 heteroatoms. The maximum absolute atomic E-state index is 13.8. The number of hydrogen-bond donors (Lipinski definition) is 10. The highest BCUT2D eigenvalue weighted by Gasteiger charge is 2.35. The maximum atomic E-state index is 13.8. The molecule has 53 heavy (non-hydrogen) atoms. The molecule has 0 aliphatic carbocycles. The number of H-pyrrole nitrogens is 1. The van der Waals surface area contributed by atoms with Crippen molar-refractivity contribution >= 4 is 52.4 Å². The Morgan fingerprint density at radius 1 is 0.755 bits per heavy atom. The van der Waals surface area contributed by atoms with Gasteiger partial charge in [-0.25, -0.2) is 4.79 Å². The Hall–Kier alpha value is -5.03. The molecule has 0 bridgehead atoms. The van der Waals surface area contributed by atoms with Crippen molar-refractivity contribution < 1.29 is 48.9 Å². The van der Waals surface area contributed by atoms with Crippen LogP contribution in [0.2, 0.25) is 0 Å². The van der Waals surface area contributed by atoms with Crippen molar-refractivity contribution in [2.75, 3.05) is 6.61 Å². The van der Waals surface area contributed by atoms with Crippen LogP contribution in [0.4, 0.5) is 0 Å². The van der Waals surface area contributed by atoms with Gasteiger partial charge < -0.3 is 52.6 Å². The summed E-state index contributed by atoms with van der Waals surface area (Å²) >= 11 is 0. The molecule has 1 aromatic heterocycles. The second-order valence-electron chi connectivity index (χ2n) is 14.0. The number of nitrogens with two attached hydrogens (primary N) is 1. The first-order chi connectivity index (χ1) is 24.9. The van der Waals surface area contributed by atoms with E-state index in [2.05, 4.69) is 31.6 Å². The summed E-state index contributed by atoms with van der Waals surface area (Å²) in [5.41, 5.74) is 7.25. The number of fused-ring (bicyclic) bond motifs is 1. The zero-order chi connectivity index (χ0) is 40.0. The van der Waals surface area contributed by atoms with Crippen molar-refractivity contribution in [1.82, 2.24) is 31.6 Å². The van der Waals surface area contributed by atoms with Gasteiger partial charge in [0.1, 0.15) is 30.2 Å². The number of nitrogens with one attached hydrogen (secondary N) is 6. The lowest BCUT2D eigenvalue weighted by Gasteiger charge is -2.29. The Bertz CT molecular complexity index is 1590.